The van der Waals surface area contributed by atoms with Crippen LogP contribution in [-0.4, -0.2) is 9.67 Å². The number of nitrogens with zero attached hydrogens (tertiary/aromatic N) is 1. The summed E-state index contributed by atoms with van der Waals surface area (Å²) in [5.74, 6) is 0.309. The quantitative estimate of drug-likeness (QED) is 0.767. The van der Waals surface area contributed by atoms with Gasteiger partial charge in [-0.25, -0.2) is 0 Å². The van der Waals surface area contributed by atoms with Crippen molar-refractivity contribution in [3.63, 3.8) is 0 Å². The van der Waals surface area contributed by atoms with E-state index in [4.69, 9.17) is 0 Å². The number of aryl methyl sites for hydroxylation is 2. The number of aromatic hydroxyl groups is 1. The van der Waals surface area contributed by atoms with Gasteiger partial charge in [0.2, 0.25) is 0 Å². The summed E-state index contributed by atoms with van der Waals surface area (Å²) in [6, 6.07) is 15.8. The Morgan fingerprint density at radius 3 is 2.43 bits per heavy atom. The van der Waals surface area contributed by atoms with Crippen molar-refractivity contribution in [2.45, 2.75) is 20.0 Å². The highest BCUT2D eigenvalue weighted by molar-refractivity contribution is 5.85. The number of nitrogens with one attached hydrogen (secondary N) is 1. The van der Waals surface area contributed by atoms with E-state index in [1.807, 2.05) is 12.1 Å². The van der Waals surface area contributed by atoms with Crippen LogP contribution in [0.5, 0.6) is 5.75 Å². The van der Waals surface area contributed by atoms with E-state index in [0.717, 1.165) is 13.1 Å². The van der Waals surface area contributed by atoms with E-state index >= 15 is 0 Å². The van der Waals surface area contributed by atoms with Crippen molar-refractivity contribution in [2.75, 3.05) is 0 Å². The molecule has 2 aromatic carbocycles. The summed E-state index contributed by atoms with van der Waals surface area (Å²) >= 11 is 0. The molecule has 3 rings (SSSR count). The molecule has 0 atom stereocenters. The van der Waals surface area contributed by atoms with Gasteiger partial charge >= 0.3 is 0 Å². The van der Waals surface area contributed by atoms with Gasteiger partial charge in [-0.05, 0) is 36.2 Å². The molecule has 0 unspecified atom stereocenters. The molecule has 2 N–H and O–H groups in total. The summed E-state index contributed by atoms with van der Waals surface area (Å²) in [7, 11) is 2.12. The van der Waals surface area contributed by atoms with Gasteiger partial charge in [-0.3, -0.25) is 0 Å². The number of phenolic OH excluding ortho intramolecular Hbond substituents is 1. The van der Waals surface area contributed by atoms with Gasteiger partial charge in [0.25, 0.3) is 0 Å². The summed E-state index contributed by atoms with van der Waals surface area (Å²) in [6.07, 6.45) is 0. The molecule has 0 spiro atoms. The maximum atomic E-state index is 9.29. The molecule has 0 aliphatic rings. The number of fused-ring (bicyclic) bond motifs is 1. The maximum Gasteiger partial charge on any atom is 0.115 e. The molecular weight excluding hydrogens is 260 g/mol. The number of hydrogen-bond acceptors (Lipinski definition) is 2. The zero-order chi connectivity index (χ0) is 14.8. The van der Waals surface area contributed by atoms with E-state index < -0.39 is 0 Å². The van der Waals surface area contributed by atoms with E-state index in [1.54, 1.807) is 12.1 Å². The fourth-order valence-corrected chi connectivity index (χ4v) is 2.83. The Hall–Kier alpha value is -2.26. The van der Waals surface area contributed by atoms with Crippen molar-refractivity contribution < 1.29 is 5.11 Å². The van der Waals surface area contributed by atoms with Crippen LogP contribution in [0, 0.1) is 6.92 Å². The van der Waals surface area contributed by atoms with E-state index in [-0.39, 0.29) is 0 Å². The molecule has 0 fully saturated rings. The zero-order valence-electron chi connectivity index (χ0n) is 12.4. The van der Waals surface area contributed by atoms with Crippen molar-refractivity contribution in [3.05, 3.63) is 65.4 Å². The molecule has 0 aliphatic heterocycles. The molecule has 3 nitrogen and oxygen atoms in total. The van der Waals surface area contributed by atoms with Crippen molar-refractivity contribution in [1.29, 1.82) is 0 Å². The monoisotopic (exact) mass is 280 g/mol. The molecule has 3 heteroatoms. The van der Waals surface area contributed by atoms with Crippen LogP contribution in [-0.2, 0) is 20.1 Å². The highest BCUT2D eigenvalue weighted by Crippen LogP contribution is 2.24. The summed E-state index contributed by atoms with van der Waals surface area (Å²) < 4.78 is 2.26. The van der Waals surface area contributed by atoms with Gasteiger partial charge in [0.05, 0.1) is 0 Å². The Bertz CT molecular complexity index is 718. The zero-order valence-corrected chi connectivity index (χ0v) is 12.4. The second-order valence-corrected chi connectivity index (χ2v) is 5.42. The Morgan fingerprint density at radius 2 is 1.71 bits per heavy atom. The van der Waals surface area contributed by atoms with Crippen LogP contribution >= 0.6 is 0 Å². The van der Waals surface area contributed by atoms with Crippen LogP contribution in [0.3, 0.4) is 0 Å². The molecule has 3 aromatic rings. The average molecular weight is 280 g/mol. The Morgan fingerprint density at radius 1 is 1.00 bits per heavy atom. The minimum Gasteiger partial charge on any atom is -0.508 e. The topological polar surface area (TPSA) is 37.2 Å². The lowest BCUT2D eigenvalue weighted by Gasteiger charge is -2.08. The molecule has 0 amide bonds. The van der Waals surface area contributed by atoms with Crippen LogP contribution in [0.4, 0.5) is 0 Å². The number of rotatable bonds is 4. The highest BCUT2D eigenvalue weighted by atomic mass is 16.3. The number of phenols is 1. The highest BCUT2D eigenvalue weighted by Gasteiger charge is 2.10. The van der Waals surface area contributed by atoms with Crippen molar-refractivity contribution in [3.8, 4) is 5.75 Å². The predicted molar refractivity (Wildman–Crippen MR) is 86.3 cm³/mol. The molecule has 21 heavy (non-hydrogen) atoms. The van der Waals surface area contributed by atoms with Gasteiger partial charge < -0.3 is 15.0 Å². The van der Waals surface area contributed by atoms with Crippen LogP contribution < -0.4 is 5.32 Å². The lowest BCUT2D eigenvalue weighted by Crippen LogP contribution is -2.15. The third-order valence-corrected chi connectivity index (χ3v) is 4.07. The van der Waals surface area contributed by atoms with Gasteiger partial charge in [0.15, 0.2) is 0 Å². The SMILES string of the molecule is Cc1c(CNCc2ccc(O)cc2)n(C)c2ccccc12. The first-order valence-corrected chi connectivity index (χ1v) is 7.18. The van der Waals surface area contributed by atoms with E-state index in [2.05, 4.69) is 48.1 Å². The number of hydrogen-bond donors (Lipinski definition) is 2. The van der Waals surface area contributed by atoms with Crippen LogP contribution in [0.2, 0.25) is 0 Å². The summed E-state index contributed by atoms with van der Waals surface area (Å²) in [5.41, 5.74) is 5.10. The minimum atomic E-state index is 0.309. The Kier molecular flexibility index (Phi) is 3.67. The fourth-order valence-electron chi connectivity index (χ4n) is 2.83. The van der Waals surface area contributed by atoms with E-state index in [9.17, 15) is 5.11 Å². The third kappa shape index (κ3) is 2.65. The molecule has 108 valence electrons. The van der Waals surface area contributed by atoms with E-state index in [1.165, 1.54) is 27.7 Å². The van der Waals surface area contributed by atoms with Gasteiger partial charge in [0, 0.05) is 36.7 Å². The first kappa shape index (κ1) is 13.7. The average Bonchev–Trinajstić information content (AvgIpc) is 2.75. The predicted octanol–water partition coefficient (Wildman–Crippen LogP) is 3.48. The van der Waals surface area contributed by atoms with Gasteiger partial charge in [0.1, 0.15) is 5.75 Å². The van der Waals surface area contributed by atoms with Crippen LogP contribution in [0.25, 0.3) is 10.9 Å². The summed E-state index contributed by atoms with van der Waals surface area (Å²) in [5, 5.41) is 14.1. The van der Waals surface area contributed by atoms with Crippen molar-refractivity contribution in [2.24, 2.45) is 7.05 Å². The normalized spacial score (nSPS) is 11.1. The lowest BCUT2D eigenvalue weighted by molar-refractivity contribution is 0.475. The number of benzene rings is 2. The Balaban J connectivity index is 1.75. The smallest absolute Gasteiger partial charge is 0.115 e. The van der Waals surface area contributed by atoms with Gasteiger partial charge in [-0.1, -0.05) is 30.3 Å². The standard InChI is InChI=1S/C18H20N2O/c1-13-16-5-3-4-6-17(16)20(2)18(13)12-19-11-14-7-9-15(21)10-8-14/h3-10,19,21H,11-12H2,1-2H3. The molecule has 0 saturated carbocycles. The van der Waals surface area contributed by atoms with Crippen molar-refractivity contribution >= 4 is 10.9 Å². The molecule has 0 bridgehead atoms. The molecule has 0 radical (unpaired) electrons. The first-order chi connectivity index (χ1) is 10.2. The summed E-state index contributed by atoms with van der Waals surface area (Å²) in [4.78, 5) is 0. The lowest BCUT2D eigenvalue weighted by atomic mass is 10.1. The molecule has 1 heterocycles. The molecule has 0 saturated heterocycles. The number of para-hydroxylation sites is 1. The fraction of sp³-hybridized carbons (Fsp3) is 0.222. The maximum absolute atomic E-state index is 9.29. The first-order valence-electron chi connectivity index (χ1n) is 7.18. The van der Waals surface area contributed by atoms with Gasteiger partial charge in [-0.2, -0.15) is 0 Å². The van der Waals surface area contributed by atoms with E-state index in [0.29, 0.717) is 5.75 Å². The van der Waals surface area contributed by atoms with Crippen LogP contribution in [0.1, 0.15) is 16.8 Å². The minimum absolute atomic E-state index is 0.309. The summed E-state index contributed by atoms with van der Waals surface area (Å²) in [6.45, 7) is 3.80. The second-order valence-electron chi connectivity index (χ2n) is 5.42. The molecule has 0 aliphatic carbocycles. The van der Waals surface area contributed by atoms with Crippen molar-refractivity contribution in [1.82, 2.24) is 9.88 Å². The molecular formula is C18H20N2O. The van der Waals surface area contributed by atoms with Crippen LogP contribution in [0.15, 0.2) is 48.5 Å². The number of aromatic nitrogens is 1. The third-order valence-electron chi connectivity index (χ3n) is 4.07. The molecule has 1 aromatic heterocycles. The van der Waals surface area contributed by atoms with Gasteiger partial charge in [-0.15, -0.1) is 0 Å². The largest absolute Gasteiger partial charge is 0.508 e. The Labute approximate surface area is 124 Å². The second kappa shape index (κ2) is 5.62.